The molecule has 0 aliphatic carbocycles. The molecule has 1 fully saturated rings. The Labute approximate surface area is 168 Å². The number of anilines is 1. The molecule has 1 aliphatic heterocycles. The van der Waals surface area contributed by atoms with Crippen LogP contribution in [-0.2, 0) is 0 Å². The van der Waals surface area contributed by atoms with Gasteiger partial charge in [0.25, 0.3) is 5.91 Å². The molecule has 3 heterocycles. The molecule has 2 aromatic heterocycles. The summed E-state index contributed by atoms with van der Waals surface area (Å²) < 4.78 is 21.5. The predicted molar refractivity (Wildman–Crippen MR) is 107 cm³/mol. The molecule has 0 saturated carbocycles. The summed E-state index contributed by atoms with van der Waals surface area (Å²) in [5.41, 5.74) is 2.24. The van der Waals surface area contributed by atoms with Crippen molar-refractivity contribution in [1.29, 1.82) is 0 Å². The number of rotatable bonds is 5. The van der Waals surface area contributed by atoms with E-state index in [4.69, 9.17) is 18.4 Å². The highest BCUT2D eigenvalue weighted by molar-refractivity contribution is 5.98. The summed E-state index contributed by atoms with van der Waals surface area (Å²) >= 11 is 0. The molecule has 1 aliphatic rings. The van der Waals surface area contributed by atoms with Gasteiger partial charge in [-0.15, -0.1) is 0 Å². The van der Waals surface area contributed by atoms with Crippen LogP contribution in [0.2, 0.25) is 0 Å². The Morgan fingerprint density at radius 1 is 1.07 bits per heavy atom. The number of aromatic nitrogens is 1. The lowest BCUT2D eigenvalue weighted by Crippen LogP contribution is -2.48. The van der Waals surface area contributed by atoms with Crippen molar-refractivity contribution in [2.45, 2.75) is 6.92 Å². The van der Waals surface area contributed by atoms with E-state index in [9.17, 15) is 4.79 Å². The quantitative estimate of drug-likeness (QED) is 0.654. The third-order valence-corrected chi connectivity index (χ3v) is 5.09. The fraction of sp³-hybridized carbons (Fsp3) is 0.333. The lowest BCUT2D eigenvalue weighted by atomic mass is 10.1. The summed E-state index contributed by atoms with van der Waals surface area (Å²) in [6.45, 7) is 4.30. The number of aryl methyl sites for hydroxylation is 1. The Morgan fingerprint density at radius 3 is 2.34 bits per heavy atom. The van der Waals surface area contributed by atoms with Gasteiger partial charge in [0.05, 0.1) is 31.7 Å². The van der Waals surface area contributed by atoms with E-state index in [1.165, 1.54) is 0 Å². The highest BCUT2D eigenvalue weighted by Crippen LogP contribution is 2.31. The predicted octanol–water partition coefficient (Wildman–Crippen LogP) is 3.22. The molecule has 4 rings (SSSR count). The first-order valence-electron chi connectivity index (χ1n) is 9.38. The van der Waals surface area contributed by atoms with Crippen LogP contribution in [-0.4, -0.2) is 56.4 Å². The number of carbonyl (C=O) groups is 1. The van der Waals surface area contributed by atoms with Crippen LogP contribution in [0.4, 0.5) is 5.69 Å². The van der Waals surface area contributed by atoms with Crippen LogP contribution >= 0.6 is 0 Å². The standard InChI is InChI=1S/C21H23N3O5/c1-14-19(18-5-4-10-28-18)20(29-22-14)21(25)24-8-6-23(7-9-24)15-11-16(26-2)13-17(12-15)27-3/h4-5,10-13H,6-9H2,1-3H3. The van der Waals surface area contributed by atoms with Gasteiger partial charge < -0.3 is 28.2 Å². The number of hydrogen-bond donors (Lipinski definition) is 0. The molecule has 0 unspecified atom stereocenters. The SMILES string of the molecule is COc1cc(OC)cc(N2CCN(C(=O)c3onc(C)c3-c3ccco3)CC2)c1. The Morgan fingerprint density at radius 2 is 1.76 bits per heavy atom. The molecule has 0 spiro atoms. The third-order valence-electron chi connectivity index (χ3n) is 5.09. The molecule has 0 N–H and O–H groups in total. The van der Waals surface area contributed by atoms with Crippen LogP contribution in [0.25, 0.3) is 11.3 Å². The number of carbonyl (C=O) groups excluding carboxylic acids is 1. The maximum absolute atomic E-state index is 13.1. The summed E-state index contributed by atoms with van der Waals surface area (Å²) in [5.74, 6) is 2.08. The van der Waals surface area contributed by atoms with Crippen molar-refractivity contribution in [3.8, 4) is 22.8 Å². The number of hydrogen-bond acceptors (Lipinski definition) is 7. The summed E-state index contributed by atoms with van der Waals surface area (Å²) in [7, 11) is 3.26. The normalized spacial score (nSPS) is 14.2. The minimum atomic E-state index is -0.181. The second kappa shape index (κ2) is 7.90. The van der Waals surface area contributed by atoms with Gasteiger partial charge in [-0.25, -0.2) is 0 Å². The summed E-state index contributed by atoms with van der Waals surface area (Å²) in [6, 6.07) is 9.34. The Bertz CT molecular complexity index is 966. The Hall–Kier alpha value is -3.42. The number of benzene rings is 1. The number of ether oxygens (including phenoxy) is 2. The number of piperazine rings is 1. The largest absolute Gasteiger partial charge is 0.497 e. The minimum Gasteiger partial charge on any atom is -0.497 e. The second-order valence-corrected chi connectivity index (χ2v) is 6.80. The first kappa shape index (κ1) is 18.9. The fourth-order valence-electron chi connectivity index (χ4n) is 3.51. The van der Waals surface area contributed by atoms with Crippen LogP contribution in [0, 0.1) is 6.92 Å². The van der Waals surface area contributed by atoms with Crippen molar-refractivity contribution in [3.63, 3.8) is 0 Å². The van der Waals surface area contributed by atoms with E-state index in [1.807, 2.05) is 18.2 Å². The Kier molecular flexibility index (Phi) is 5.16. The van der Waals surface area contributed by atoms with Crippen LogP contribution in [0.3, 0.4) is 0 Å². The highest BCUT2D eigenvalue weighted by Gasteiger charge is 2.30. The molecule has 1 amide bonds. The van der Waals surface area contributed by atoms with E-state index in [0.29, 0.717) is 43.2 Å². The first-order valence-corrected chi connectivity index (χ1v) is 9.38. The monoisotopic (exact) mass is 397 g/mol. The van der Waals surface area contributed by atoms with E-state index in [0.717, 1.165) is 17.2 Å². The van der Waals surface area contributed by atoms with E-state index in [1.54, 1.807) is 44.4 Å². The number of furan rings is 1. The molecule has 152 valence electrons. The summed E-state index contributed by atoms with van der Waals surface area (Å²) in [4.78, 5) is 17.0. The Balaban J connectivity index is 1.49. The van der Waals surface area contributed by atoms with Crippen molar-refractivity contribution in [2.75, 3.05) is 45.3 Å². The average Bonchev–Trinajstić information content (AvgIpc) is 3.42. The van der Waals surface area contributed by atoms with E-state index >= 15 is 0 Å². The van der Waals surface area contributed by atoms with Crippen molar-refractivity contribution in [2.24, 2.45) is 0 Å². The van der Waals surface area contributed by atoms with E-state index in [-0.39, 0.29) is 11.7 Å². The molecule has 1 aromatic carbocycles. The van der Waals surface area contributed by atoms with Gasteiger partial charge in [0, 0.05) is 50.1 Å². The van der Waals surface area contributed by atoms with Gasteiger partial charge in [-0.3, -0.25) is 4.79 Å². The van der Waals surface area contributed by atoms with Crippen molar-refractivity contribution in [1.82, 2.24) is 10.1 Å². The van der Waals surface area contributed by atoms with Crippen LogP contribution in [0.15, 0.2) is 45.5 Å². The van der Waals surface area contributed by atoms with Gasteiger partial charge in [0.1, 0.15) is 17.3 Å². The fourth-order valence-corrected chi connectivity index (χ4v) is 3.51. The zero-order valence-electron chi connectivity index (χ0n) is 16.7. The molecule has 0 atom stereocenters. The molecule has 8 heteroatoms. The van der Waals surface area contributed by atoms with Crippen LogP contribution < -0.4 is 14.4 Å². The molecular weight excluding hydrogens is 374 g/mol. The smallest absolute Gasteiger partial charge is 0.293 e. The lowest BCUT2D eigenvalue weighted by molar-refractivity contribution is 0.0705. The van der Waals surface area contributed by atoms with Crippen LogP contribution in [0.1, 0.15) is 16.2 Å². The van der Waals surface area contributed by atoms with Gasteiger partial charge in [0.15, 0.2) is 0 Å². The maximum Gasteiger partial charge on any atom is 0.293 e. The van der Waals surface area contributed by atoms with Gasteiger partial charge in [-0.05, 0) is 19.1 Å². The van der Waals surface area contributed by atoms with Gasteiger partial charge >= 0.3 is 0 Å². The van der Waals surface area contributed by atoms with Crippen molar-refractivity contribution < 1.29 is 23.2 Å². The zero-order valence-corrected chi connectivity index (χ0v) is 16.7. The number of methoxy groups -OCH3 is 2. The molecule has 1 saturated heterocycles. The minimum absolute atomic E-state index is 0.181. The van der Waals surface area contributed by atoms with Gasteiger partial charge in [-0.2, -0.15) is 0 Å². The zero-order chi connectivity index (χ0) is 20.4. The summed E-state index contributed by atoms with van der Waals surface area (Å²) in [5, 5.41) is 3.97. The van der Waals surface area contributed by atoms with E-state index < -0.39 is 0 Å². The topological polar surface area (TPSA) is 81.2 Å². The number of nitrogens with zero attached hydrogens (tertiary/aromatic N) is 3. The lowest BCUT2D eigenvalue weighted by Gasteiger charge is -2.36. The molecule has 3 aromatic rings. The summed E-state index contributed by atoms with van der Waals surface area (Å²) in [6.07, 6.45) is 1.57. The maximum atomic E-state index is 13.1. The van der Waals surface area contributed by atoms with Gasteiger partial charge in [-0.1, -0.05) is 5.16 Å². The molecule has 29 heavy (non-hydrogen) atoms. The van der Waals surface area contributed by atoms with Gasteiger partial charge in [0.2, 0.25) is 5.76 Å². The molecule has 0 bridgehead atoms. The van der Waals surface area contributed by atoms with Crippen molar-refractivity contribution in [3.05, 3.63) is 48.0 Å². The van der Waals surface area contributed by atoms with E-state index in [2.05, 4.69) is 10.1 Å². The van der Waals surface area contributed by atoms with Crippen molar-refractivity contribution >= 4 is 11.6 Å². The second-order valence-electron chi connectivity index (χ2n) is 6.80. The molecular formula is C21H23N3O5. The average molecular weight is 397 g/mol. The molecule has 0 radical (unpaired) electrons. The molecule has 8 nitrogen and oxygen atoms in total. The number of amides is 1. The third kappa shape index (κ3) is 3.65. The highest BCUT2D eigenvalue weighted by atomic mass is 16.5. The van der Waals surface area contributed by atoms with Crippen LogP contribution in [0.5, 0.6) is 11.5 Å². The first-order chi connectivity index (χ1) is 14.1.